The molecule has 0 bridgehead atoms. The van der Waals surface area contributed by atoms with Gasteiger partial charge < -0.3 is 15.0 Å². The van der Waals surface area contributed by atoms with Crippen LogP contribution < -0.4 is 5.32 Å². The molecule has 1 amide bonds. The number of carbonyl (C=O) groups excluding carboxylic acids is 1. The fourth-order valence-corrected chi connectivity index (χ4v) is 2.92. The van der Waals surface area contributed by atoms with Crippen LogP contribution in [0.15, 0.2) is 18.2 Å². The highest BCUT2D eigenvalue weighted by atomic mass is 35.5. The van der Waals surface area contributed by atoms with E-state index in [1.807, 2.05) is 24.0 Å². The minimum absolute atomic E-state index is 0.0508. The van der Waals surface area contributed by atoms with Gasteiger partial charge in [-0.3, -0.25) is 4.79 Å². The molecule has 1 aromatic carbocycles. The summed E-state index contributed by atoms with van der Waals surface area (Å²) in [6, 6.07) is 5.79. The molecule has 116 valence electrons. The van der Waals surface area contributed by atoms with Crippen LogP contribution in [0.25, 0.3) is 0 Å². The van der Waals surface area contributed by atoms with Crippen molar-refractivity contribution in [3.8, 4) is 0 Å². The van der Waals surface area contributed by atoms with E-state index in [0.29, 0.717) is 29.8 Å². The van der Waals surface area contributed by atoms with Crippen LogP contribution in [-0.4, -0.2) is 50.2 Å². The maximum atomic E-state index is 12.8. The lowest BCUT2D eigenvalue weighted by Crippen LogP contribution is -2.42. The summed E-state index contributed by atoms with van der Waals surface area (Å²) in [5, 5.41) is 4.10. The molecule has 1 atom stereocenters. The zero-order chi connectivity index (χ0) is 15.2. The van der Waals surface area contributed by atoms with E-state index in [1.54, 1.807) is 13.2 Å². The van der Waals surface area contributed by atoms with Crippen molar-refractivity contribution in [1.82, 2.24) is 10.2 Å². The number of methoxy groups -OCH3 is 1. The summed E-state index contributed by atoms with van der Waals surface area (Å²) < 4.78 is 5.14. The number of amides is 1. The van der Waals surface area contributed by atoms with Crippen molar-refractivity contribution in [2.75, 3.05) is 33.4 Å². The molecule has 2 rings (SSSR count). The number of rotatable bonds is 6. The largest absolute Gasteiger partial charge is 0.383 e. The van der Waals surface area contributed by atoms with E-state index in [0.717, 1.165) is 25.1 Å². The molecule has 1 saturated heterocycles. The van der Waals surface area contributed by atoms with Crippen molar-refractivity contribution >= 4 is 17.5 Å². The standard InChI is InChI=1S/C16H23ClN2O2/c1-12-10-13(17)5-6-15(12)16(20)19(8-9-21-2)11-14-4-3-7-18-14/h5-6,10,14,18H,3-4,7-9,11H2,1-2H3. The van der Waals surface area contributed by atoms with Gasteiger partial charge >= 0.3 is 0 Å². The van der Waals surface area contributed by atoms with Crippen LogP contribution in [0.2, 0.25) is 5.02 Å². The molecule has 1 fully saturated rings. The van der Waals surface area contributed by atoms with E-state index < -0.39 is 0 Å². The van der Waals surface area contributed by atoms with Crippen LogP contribution in [0, 0.1) is 6.92 Å². The molecule has 1 heterocycles. The number of hydrogen-bond donors (Lipinski definition) is 1. The summed E-state index contributed by atoms with van der Waals surface area (Å²) in [5.41, 5.74) is 1.63. The number of nitrogens with zero attached hydrogens (tertiary/aromatic N) is 1. The normalized spacial score (nSPS) is 18.0. The summed E-state index contributed by atoms with van der Waals surface area (Å²) in [7, 11) is 1.66. The summed E-state index contributed by atoms with van der Waals surface area (Å²) >= 11 is 5.97. The number of ether oxygens (including phenoxy) is 1. The summed E-state index contributed by atoms with van der Waals surface area (Å²) in [5.74, 6) is 0.0508. The zero-order valence-corrected chi connectivity index (χ0v) is 13.4. The van der Waals surface area contributed by atoms with Gasteiger partial charge in [-0.2, -0.15) is 0 Å². The van der Waals surface area contributed by atoms with Gasteiger partial charge in [0.2, 0.25) is 0 Å². The molecule has 1 aliphatic rings. The highest BCUT2D eigenvalue weighted by Crippen LogP contribution is 2.18. The lowest BCUT2D eigenvalue weighted by Gasteiger charge is -2.26. The quantitative estimate of drug-likeness (QED) is 0.877. The van der Waals surface area contributed by atoms with Crippen molar-refractivity contribution in [2.45, 2.75) is 25.8 Å². The lowest BCUT2D eigenvalue weighted by atomic mass is 10.1. The second-order valence-corrected chi connectivity index (χ2v) is 5.93. The minimum Gasteiger partial charge on any atom is -0.383 e. The Hall–Kier alpha value is -1.10. The van der Waals surface area contributed by atoms with E-state index in [-0.39, 0.29) is 5.91 Å². The van der Waals surface area contributed by atoms with Crippen LogP contribution in [0.1, 0.15) is 28.8 Å². The summed E-state index contributed by atoms with van der Waals surface area (Å²) in [6.45, 7) is 4.84. The average molecular weight is 311 g/mol. The average Bonchev–Trinajstić information content (AvgIpc) is 2.95. The van der Waals surface area contributed by atoms with Crippen molar-refractivity contribution in [2.24, 2.45) is 0 Å². The molecule has 1 aliphatic heterocycles. The molecular formula is C16H23ClN2O2. The Morgan fingerprint density at radius 2 is 2.33 bits per heavy atom. The van der Waals surface area contributed by atoms with Gasteiger partial charge in [-0.25, -0.2) is 0 Å². The Morgan fingerprint density at radius 1 is 1.52 bits per heavy atom. The third-order valence-electron chi connectivity index (χ3n) is 3.87. The molecular weight excluding hydrogens is 288 g/mol. The SMILES string of the molecule is COCCN(CC1CCCN1)C(=O)c1ccc(Cl)cc1C. The Bertz CT molecular complexity index is 487. The van der Waals surface area contributed by atoms with E-state index in [2.05, 4.69) is 5.32 Å². The number of hydrogen-bond acceptors (Lipinski definition) is 3. The molecule has 0 radical (unpaired) electrons. The third kappa shape index (κ3) is 4.43. The van der Waals surface area contributed by atoms with E-state index >= 15 is 0 Å². The molecule has 0 spiro atoms. The van der Waals surface area contributed by atoms with Gasteiger partial charge in [-0.05, 0) is 50.1 Å². The third-order valence-corrected chi connectivity index (χ3v) is 4.11. The number of nitrogens with one attached hydrogen (secondary N) is 1. The fraction of sp³-hybridized carbons (Fsp3) is 0.562. The predicted molar refractivity (Wildman–Crippen MR) is 85.0 cm³/mol. The van der Waals surface area contributed by atoms with Crippen LogP contribution in [0.4, 0.5) is 0 Å². The van der Waals surface area contributed by atoms with Crippen molar-refractivity contribution in [3.63, 3.8) is 0 Å². The van der Waals surface area contributed by atoms with Gasteiger partial charge in [-0.15, -0.1) is 0 Å². The molecule has 1 unspecified atom stereocenters. The summed E-state index contributed by atoms with van der Waals surface area (Å²) in [4.78, 5) is 14.6. The Balaban J connectivity index is 2.11. The number of benzene rings is 1. The molecule has 21 heavy (non-hydrogen) atoms. The van der Waals surface area contributed by atoms with Crippen LogP contribution in [0.3, 0.4) is 0 Å². The summed E-state index contributed by atoms with van der Waals surface area (Å²) in [6.07, 6.45) is 2.30. The van der Waals surface area contributed by atoms with Gasteiger partial charge in [-0.1, -0.05) is 11.6 Å². The first-order valence-electron chi connectivity index (χ1n) is 7.39. The molecule has 0 saturated carbocycles. The first-order valence-corrected chi connectivity index (χ1v) is 7.77. The van der Waals surface area contributed by atoms with E-state index in [9.17, 15) is 4.79 Å². The van der Waals surface area contributed by atoms with Crippen LogP contribution in [-0.2, 0) is 4.74 Å². The number of halogens is 1. The molecule has 1 aromatic rings. The minimum atomic E-state index is 0.0508. The topological polar surface area (TPSA) is 41.6 Å². The second kappa shape index (κ2) is 7.78. The van der Waals surface area contributed by atoms with E-state index in [1.165, 1.54) is 6.42 Å². The van der Waals surface area contributed by atoms with Crippen molar-refractivity contribution in [1.29, 1.82) is 0 Å². The van der Waals surface area contributed by atoms with Gasteiger partial charge in [0.1, 0.15) is 0 Å². The van der Waals surface area contributed by atoms with Crippen LogP contribution in [0.5, 0.6) is 0 Å². The monoisotopic (exact) mass is 310 g/mol. The molecule has 0 aromatic heterocycles. The van der Waals surface area contributed by atoms with Crippen LogP contribution >= 0.6 is 11.6 Å². The smallest absolute Gasteiger partial charge is 0.254 e. The zero-order valence-electron chi connectivity index (χ0n) is 12.7. The maximum Gasteiger partial charge on any atom is 0.254 e. The van der Waals surface area contributed by atoms with Crippen molar-refractivity contribution in [3.05, 3.63) is 34.3 Å². The molecule has 1 N–H and O–H groups in total. The molecule has 5 heteroatoms. The first-order chi connectivity index (χ1) is 10.1. The number of aryl methyl sites for hydroxylation is 1. The van der Waals surface area contributed by atoms with E-state index in [4.69, 9.17) is 16.3 Å². The van der Waals surface area contributed by atoms with Gasteiger partial charge in [0.15, 0.2) is 0 Å². The Labute approximate surface area is 131 Å². The van der Waals surface area contributed by atoms with Crippen molar-refractivity contribution < 1.29 is 9.53 Å². The lowest BCUT2D eigenvalue weighted by molar-refractivity contribution is 0.0678. The fourth-order valence-electron chi connectivity index (χ4n) is 2.69. The van der Waals surface area contributed by atoms with Gasteiger partial charge in [0.05, 0.1) is 6.61 Å². The Kier molecular flexibility index (Phi) is 6.03. The van der Waals surface area contributed by atoms with Gasteiger partial charge in [0, 0.05) is 36.8 Å². The highest BCUT2D eigenvalue weighted by Gasteiger charge is 2.23. The second-order valence-electron chi connectivity index (χ2n) is 5.50. The predicted octanol–water partition coefficient (Wildman–Crippen LogP) is 2.49. The number of carbonyl (C=O) groups is 1. The maximum absolute atomic E-state index is 12.8. The Morgan fingerprint density at radius 3 is 2.95 bits per heavy atom. The van der Waals surface area contributed by atoms with Gasteiger partial charge in [0.25, 0.3) is 5.91 Å². The molecule has 0 aliphatic carbocycles. The first kappa shape index (κ1) is 16.3. The highest BCUT2D eigenvalue weighted by molar-refractivity contribution is 6.30. The molecule has 4 nitrogen and oxygen atoms in total.